The summed E-state index contributed by atoms with van der Waals surface area (Å²) in [6, 6.07) is 0. The summed E-state index contributed by atoms with van der Waals surface area (Å²) in [4.78, 5) is 10.3. The lowest BCUT2D eigenvalue weighted by Gasteiger charge is -2.35. The smallest absolute Gasteiger partial charge is 0.320 e. The van der Waals surface area contributed by atoms with Gasteiger partial charge in [0, 0.05) is 6.42 Å². The van der Waals surface area contributed by atoms with Crippen molar-refractivity contribution < 1.29 is 18.5 Å². The molecule has 35 heavy (non-hydrogen) atoms. The topological polar surface area (TPSA) is 46.5 Å². The Bertz CT molecular complexity index is 556. The fraction of sp³-hybridized carbons (Fsp3) is 0.867. The lowest BCUT2D eigenvalue weighted by atomic mass is 10.1. The fourth-order valence-electron chi connectivity index (χ4n) is 4.77. The number of quaternary nitrogens is 1. The third kappa shape index (κ3) is 21.4. The van der Waals surface area contributed by atoms with Crippen LogP contribution >= 0.6 is 7.60 Å². The predicted molar refractivity (Wildman–Crippen MR) is 155 cm³/mol. The minimum absolute atomic E-state index is 0.352. The van der Waals surface area contributed by atoms with Crippen LogP contribution < -0.4 is 0 Å². The number of unbranched alkanes of at least 4 members (excludes halogenated alkanes) is 17. The first-order chi connectivity index (χ1) is 16.8. The minimum atomic E-state index is -3.56. The van der Waals surface area contributed by atoms with Crippen LogP contribution in [0.4, 0.5) is 0 Å². The largest absolute Gasteiger partial charge is 0.385 e. The molecule has 0 aromatic heterocycles. The van der Waals surface area contributed by atoms with Gasteiger partial charge in [-0.15, -0.1) is 6.58 Å². The number of hydrogen-bond acceptors (Lipinski definition) is 2. The predicted octanol–water partition coefficient (Wildman–Crippen LogP) is 9.78. The molecule has 1 N–H and O–H groups in total. The zero-order chi connectivity index (χ0) is 26.3. The van der Waals surface area contributed by atoms with E-state index in [4.69, 9.17) is 4.52 Å². The molecule has 2 unspecified atom stereocenters. The Kier molecular flexibility index (Phi) is 22.5. The maximum atomic E-state index is 12.5. The fourth-order valence-corrected chi connectivity index (χ4v) is 6.67. The lowest BCUT2D eigenvalue weighted by Crippen LogP contribution is -2.44. The van der Waals surface area contributed by atoms with Crippen molar-refractivity contribution >= 4 is 7.60 Å². The van der Waals surface area contributed by atoms with Gasteiger partial charge in [-0.05, 0) is 44.9 Å². The minimum Gasteiger partial charge on any atom is -0.320 e. The molecule has 0 heterocycles. The van der Waals surface area contributed by atoms with Crippen molar-refractivity contribution in [1.29, 1.82) is 0 Å². The molecular formula is C30H61NO3P+. The van der Waals surface area contributed by atoms with Gasteiger partial charge in [-0.25, -0.2) is 0 Å². The van der Waals surface area contributed by atoms with Gasteiger partial charge in [-0.3, -0.25) is 4.57 Å². The Morgan fingerprint density at radius 3 is 1.46 bits per heavy atom. The van der Waals surface area contributed by atoms with E-state index in [0.717, 1.165) is 12.8 Å². The molecule has 0 aliphatic rings. The summed E-state index contributed by atoms with van der Waals surface area (Å²) in [5, 5.41) is 0. The van der Waals surface area contributed by atoms with Crippen LogP contribution in [0.1, 0.15) is 135 Å². The Labute approximate surface area is 219 Å². The number of allylic oxidation sites excluding steroid dienone is 3. The molecule has 0 bridgehead atoms. The van der Waals surface area contributed by atoms with Gasteiger partial charge in [0.05, 0.1) is 27.7 Å². The highest BCUT2D eigenvalue weighted by Gasteiger charge is 2.41. The molecule has 208 valence electrons. The summed E-state index contributed by atoms with van der Waals surface area (Å²) in [6.07, 6.45) is 31.9. The van der Waals surface area contributed by atoms with E-state index in [1.54, 1.807) is 0 Å². The molecule has 0 aliphatic heterocycles. The lowest BCUT2D eigenvalue weighted by molar-refractivity contribution is -0.883. The molecule has 0 saturated carbocycles. The van der Waals surface area contributed by atoms with Crippen molar-refractivity contribution in [2.24, 2.45) is 0 Å². The zero-order valence-electron chi connectivity index (χ0n) is 24.0. The van der Waals surface area contributed by atoms with Crippen LogP contribution in [0.15, 0.2) is 24.8 Å². The van der Waals surface area contributed by atoms with Gasteiger partial charge >= 0.3 is 7.60 Å². The summed E-state index contributed by atoms with van der Waals surface area (Å²) in [5.74, 6) is -0.352. The van der Waals surface area contributed by atoms with Gasteiger partial charge in [0.15, 0.2) is 5.78 Å². The second-order valence-electron chi connectivity index (χ2n) is 11.2. The summed E-state index contributed by atoms with van der Waals surface area (Å²) < 4.78 is 18.4. The number of rotatable bonds is 26. The average molecular weight is 515 g/mol. The van der Waals surface area contributed by atoms with Gasteiger partial charge in [-0.2, -0.15) is 0 Å². The van der Waals surface area contributed by atoms with Crippen molar-refractivity contribution in [1.82, 2.24) is 0 Å². The van der Waals surface area contributed by atoms with Crippen LogP contribution in [0.5, 0.6) is 0 Å². The molecule has 0 rings (SSSR count). The molecule has 4 nitrogen and oxygen atoms in total. The molecule has 0 fully saturated rings. The van der Waals surface area contributed by atoms with E-state index >= 15 is 0 Å². The number of hydrogen-bond donors (Lipinski definition) is 1. The Hall–Kier alpha value is -0.410. The van der Waals surface area contributed by atoms with E-state index < -0.39 is 7.60 Å². The Morgan fingerprint density at radius 1 is 0.714 bits per heavy atom. The standard InChI is InChI=1S/C30H60NO3P/c1-6-8-9-10-11-12-13-14-15-16-17-18-19-20-21-22-23-24-25-26-27-28-29-34-35(32,33)30(7-2)31(3,4)5/h6,18-19,30H,1,7-17,20-29H2,2-5H3/p+1. The molecule has 0 saturated heterocycles. The SMILES string of the molecule is C=CCCCCCCCCCCC=CCCCCCCCCCCOP(=O)(O)C(CC)[N+](C)(C)C. The third-order valence-electron chi connectivity index (χ3n) is 6.87. The van der Waals surface area contributed by atoms with Crippen LogP contribution in [0.25, 0.3) is 0 Å². The van der Waals surface area contributed by atoms with Gasteiger partial charge in [0.1, 0.15) is 0 Å². The molecule has 0 amide bonds. The summed E-state index contributed by atoms with van der Waals surface area (Å²) in [7, 11) is 2.30. The maximum Gasteiger partial charge on any atom is 0.385 e. The van der Waals surface area contributed by atoms with Gasteiger partial charge in [0.25, 0.3) is 0 Å². The highest BCUT2D eigenvalue weighted by atomic mass is 31.2. The van der Waals surface area contributed by atoms with E-state index in [1.807, 2.05) is 34.1 Å². The second-order valence-corrected chi connectivity index (χ2v) is 13.2. The highest BCUT2D eigenvalue weighted by Crippen LogP contribution is 2.51. The molecule has 2 atom stereocenters. The van der Waals surface area contributed by atoms with Crippen molar-refractivity contribution in [3.8, 4) is 0 Å². The van der Waals surface area contributed by atoms with Crippen LogP contribution in [0.2, 0.25) is 0 Å². The molecule has 0 radical (unpaired) electrons. The van der Waals surface area contributed by atoms with Crippen molar-refractivity contribution in [3.63, 3.8) is 0 Å². The van der Waals surface area contributed by atoms with E-state index in [-0.39, 0.29) is 5.78 Å². The van der Waals surface area contributed by atoms with E-state index in [1.165, 1.54) is 109 Å². The molecule has 0 spiro atoms. The van der Waals surface area contributed by atoms with E-state index in [2.05, 4.69) is 18.7 Å². The summed E-state index contributed by atoms with van der Waals surface area (Å²) in [5.41, 5.74) is 0. The first-order valence-electron chi connectivity index (χ1n) is 14.8. The molecule has 0 aromatic carbocycles. The van der Waals surface area contributed by atoms with Gasteiger partial charge in [-0.1, -0.05) is 102 Å². The van der Waals surface area contributed by atoms with Gasteiger partial charge in [0.2, 0.25) is 0 Å². The highest BCUT2D eigenvalue weighted by molar-refractivity contribution is 7.53. The van der Waals surface area contributed by atoms with Crippen LogP contribution in [0.3, 0.4) is 0 Å². The molecule has 0 aromatic rings. The normalized spacial score (nSPS) is 14.9. The first-order valence-corrected chi connectivity index (χ1v) is 16.4. The monoisotopic (exact) mass is 514 g/mol. The maximum absolute atomic E-state index is 12.5. The van der Waals surface area contributed by atoms with Crippen molar-refractivity contribution in [2.75, 3.05) is 27.7 Å². The number of nitrogens with zero attached hydrogens (tertiary/aromatic N) is 1. The Balaban J connectivity index is 3.41. The quantitative estimate of drug-likeness (QED) is 0.0541. The van der Waals surface area contributed by atoms with Gasteiger partial charge < -0.3 is 13.9 Å². The van der Waals surface area contributed by atoms with Crippen LogP contribution in [-0.4, -0.2) is 42.9 Å². The Morgan fingerprint density at radius 2 is 1.09 bits per heavy atom. The summed E-state index contributed by atoms with van der Waals surface area (Å²) in [6.45, 7) is 6.13. The van der Waals surface area contributed by atoms with E-state index in [9.17, 15) is 9.46 Å². The van der Waals surface area contributed by atoms with Crippen LogP contribution in [-0.2, 0) is 9.09 Å². The average Bonchev–Trinajstić information content (AvgIpc) is 2.78. The summed E-state index contributed by atoms with van der Waals surface area (Å²) >= 11 is 0. The zero-order valence-corrected chi connectivity index (χ0v) is 24.9. The third-order valence-corrected chi connectivity index (χ3v) is 9.24. The van der Waals surface area contributed by atoms with Crippen molar-refractivity contribution in [2.45, 2.75) is 141 Å². The molecule has 0 aliphatic carbocycles. The van der Waals surface area contributed by atoms with Crippen LogP contribution in [0, 0.1) is 0 Å². The second kappa shape index (κ2) is 22.8. The molecular weight excluding hydrogens is 453 g/mol. The first kappa shape index (κ1) is 34.6. The molecule has 5 heteroatoms. The van der Waals surface area contributed by atoms with Crippen molar-refractivity contribution in [3.05, 3.63) is 24.8 Å². The van der Waals surface area contributed by atoms with E-state index in [0.29, 0.717) is 17.5 Å².